The first kappa shape index (κ1) is 14.9. The number of nitrogens with two attached hydrogens (primary N) is 1. The molecular weight excluding hydrogens is 286 g/mol. The molecule has 2 aromatic heterocycles. The van der Waals surface area contributed by atoms with Crippen LogP contribution in [-0.4, -0.2) is 9.97 Å². The second-order valence-electron chi connectivity index (χ2n) is 4.74. The molecule has 0 atom stereocenters. The highest BCUT2D eigenvalue weighted by Crippen LogP contribution is 2.22. The molecule has 0 saturated carbocycles. The molecule has 0 aliphatic carbocycles. The Labute approximate surface area is 129 Å². The second-order valence-corrected chi connectivity index (χ2v) is 6.44. The van der Waals surface area contributed by atoms with Gasteiger partial charge in [-0.3, -0.25) is 0 Å². The normalized spacial score (nSPS) is 10.6. The minimum Gasteiger partial charge on any atom is -0.389 e. The summed E-state index contributed by atoms with van der Waals surface area (Å²) < 4.78 is 0. The van der Waals surface area contributed by atoms with Gasteiger partial charge in [-0.15, -0.1) is 11.3 Å². The molecule has 0 radical (unpaired) electrons. The van der Waals surface area contributed by atoms with Crippen molar-refractivity contribution in [2.24, 2.45) is 5.73 Å². The molecule has 0 aliphatic rings. The Bertz CT molecular complexity index is 632. The first-order valence-corrected chi connectivity index (χ1v) is 7.83. The zero-order chi connectivity index (χ0) is 14.7. The van der Waals surface area contributed by atoms with Gasteiger partial charge in [0.25, 0.3) is 0 Å². The number of aryl methyl sites for hydroxylation is 3. The van der Waals surface area contributed by atoms with E-state index in [0.29, 0.717) is 4.99 Å². The van der Waals surface area contributed by atoms with Gasteiger partial charge in [-0.05, 0) is 44.0 Å². The van der Waals surface area contributed by atoms with E-state index < -0.39 is 0 Å². The van der Waals surface area contributed by atoms with Crippen LogP contribution < -0.4 is 11.1 Å². The molecule has 3 nitrogen and oxygen atoms in total. The quantitative estimate of drug-likeness (QED) is 0.829. The third-order valence-corrected chi connectivity index (χ3v) is 4.52. The predicted molar refractivity (Wildman–Crippen MR) is 90.6 cm³/mol. The first-order valence-electron chi connectivity index (χ1n) is 6.60. The molecule has 2 aromatic rings. The van der Waals surface area contributed by atoms with Crippen LogP contribution in [0, 0.1) is 13.8 Å². The number of anilines is 1. The molecule has 0 fully saturated rings. The number of rotatable bonds is 5. The molecule has 0 unspecified atom stereocenters. The van der Waals surface area contributed by atoms with Gasteiger partial charge in [-0.25, -0.2) is 4.98 Å². The third-order valence-electron chi connectivity index (χ3n) is 3.09. The Hall–Kier alpha value is -1.46. The van der Waals surface area contributed by atoms with Crippen molar-refractivity contribution in [1.29, 1.82) is 0 Å². The topological polar surface area (TPSA) is 50.9 Å². The summed E-state index contributed by atoms with van der Waals surface area (Å²) in [6.45, 7) is 6.90. The Morgan fingerprint density at radius 3 is 2.65 bits per heavy atom. The van der Waals surface area contributed by atoms with Crippen molar-refractivity contribution in [2.75, 3.05) is 5.32 Å². The number of hydrogen-bond donors (Lipinski definition) is 2. The number of aromatic nitrogens is 1. The van der Waals surface area contributed by atoms with Gasteiger partial charge in [0.05, 0.1) is 12.1 Å². The second kappa shape index (κ2) is 6.33. The number of pyridine rings is 1. The van der Waals surface area contributed by atoms with Crippen LogP contribution >= 0.6 is 23.6 Å². The van der Waals surface area contributed by atoms with Crippen molar-refractivity contribution in [3.63, 3.8) is 0 Å². The lowest BCUT2D eigenvalue weighted by Crippen LogP contribution is -2.16. The van der Waals surface area contributed by atoms with Crippen LogP contribution in [-0.2, 0) is 13.0 Å². The lowest BCUT2D eigenvalue weighted by Gasteiger charge is -2.13. The summed E-state index contributed by atoms with van der Waals surface area (Å²) in [5.74, 6) is 0.779. The molecule has 5 heteroatoms. The number of nitrogens with zero attached hydrogens (tertiary/aromatic N) is 1. The van der Waals surface area contributed by atoms with Gasteiger partial charge in [0, 0.05) is 15.4 Å². The van der Waals surface area contributed by atoms with E-state index >= 15 is 0 Å². The molecule has 0 amide bonds. The Morgan fingerprint density at radius 1 is 1.35 bits per heavy atom. The zero-order valence-corrected chi connectivity index (χ0v) is 13.6. The minimum absolute atomic E-state index is 0.387. The van der Waals surface area contributed by atoms with Crippen LogP contribution in [0.2, 0.25) is 0 Å². The molecule has 2 rings (SSSR count). The molecule has 2 heterocycles. The van der Waals surface area contributed by atoms with Crippen molar-refractivity contribution in [3.8, 4) is 0 Å². The molecular formula is C15H19N3S2. The fourth-order valence-electron chi connectivity index (χ4n) is 2.15. The molecule has 3 N–H and O–H groups in total. The van der Waals surface area contributed by atoms with E-state index in [1.54, 1.807) is 0 Å². The summed E-state index contributed by atoms with van der Waals surface area (Å²) in [4.78, 5) is 7.59. The monoisotopic (exact) mass is 305 g/mol. The molecule has 20 heavy (non-hydrogen) atoms. The van der Waals surface area contributed by atoms with E-state index in [1.165, 1.54) is 9.75 Å². The maximum absolute atomic E-state index is 5.81. The van der Waals surface area contributed by atoms with Crippen molar-refractivity contribution < 1.29 is 0 Å². The summed E-state index contributed by atoms with van der Waals surface area (Å²) in [6.07, 6.45) is 1.07. The number of thiocarbonyl (C=S) groups is 1. The van der Waals surface area contributed by atoms with Crippen LogP contribution in [0.4, 0.5) is 5.82 Å². The maximum atomic E-state index is 5.81. The summed E-state index contributed by atoms with van der Waals surface area (Å²) >= 11 is 6.95. The molecule has 0 aromatic carbocycles. The Balaban J connectivity index is 2.22. The van der Waals surface area contributed by atoms with Crippen LogP contribution in [0.3, 0.4) is 0 Å². The number of thiophene rings is 1. The lowest BCUT2D eigenvalue weighted by molar-refractivity contribution is 1.09. The van der Waals surface area contributed by atoms with Gasteiger partial charge in [0.1, 0.15) is 10.8 Å². The van der Waals surface area contributed by atoms with E-state index in [9.17, 15) is 0 Å². The zero-order valence-electron chi connectivity index (χ0n) is 12.0. The summed E-state index contributed by atoms with van der Waals surface area (Å²) in [5.41, 5.74) is 8.69. The van der Waals surface area contributed by atoms with Crippen LogP contribution in [0.5, 0.6) is 0 Å². The van der Waals surface area contributed by atoms with Crippen molar-refractivity contribution in [1.82, 2.24) is 4.98 Å². The van der Waals surface area contributed by atoms with E-state index in [2.05, 4.69) is 29.4 Å². The maximum Gasteiger partial charge on any atom is 0.137 e. The van der Waals surface area contributed by atoms with Crippen molar-refractivity contribution in [2.45, 2.75) is 33.7 Å². The standard InChI is InChI=1S/C15H19N3S2/c1-4-11-5-6-12(20-11)8-17-15-13(14(16)19)9(2)7-10(3)18-15/h5-7H,4,8H2,1-3H3,(H2,16,19)(H,17,18). The first-order chi connectivity index (χ1) is 9.51. The van der Waals surface area contributed by atoms with Gasteiger partial charge in [0.2, 0.25) is 0 Å². The predicted octanol–water partition coefficient (Wildman–Crippen LogP) is 3.57. The Morgan fingerprint density at radius 2 is 2.05 bits per heavy atom. The lowest BCUT2D eigenvalue weighted by atomic mass is 10.1. The van der Waals surface area contributed by atoms with Crippen LogP contribution in [0.15, 0.2) is 18.2 Å². The van der Waals surface area contributed by atoms with Gasteiger partial charge in [-0.1, -0.05) is 19.1 Å². The van der Waals surface area contributed by atoms with E-state index in [4.69, 9.17) is 18.0 Å². The van der Waals surface area contributed by atoms with Gasteiger partial charge in [0.15, 0.2) is 0 Å². The molecule has 0 bridgehead atoms. The van der Waals surface area contributed by atoms with E-state index in [0.717, 1.165) is 35.6 Å². The van der Waals surface area contributed by atoms with E-state index in [1.807, 2.05) is 31.3 Å². The fourth-order valence-corrected chi connectivity index (χ4v) is 3.31. The molecule has 0 spiro atoms. The number of hydrogen-bond acceptors (Lipinski definition) is 4. The number of nitrogens with one attached hydrogen (secondary N) is 1. The van der Waals surface area contributed by atoms with Gasteiger partial charge in [-0.2, -0.15) is 0 Å². The average Bonchev–Trinajstić information content (AvgIpc) is 2.82. The van der Waals surface area contributed by atoms with Gasteiger partial charge >= 0.3 is 0 Å². The van der Waals surface area contributed by atoms with E-state index in [-0.39, 0.29) is 0 Å². The average molecular weight is 305 g/mol. The third kappa shape index (κ3) is 3.35. The smallest absolute Gasteiger partial charge is 0.137 e. The summed E-state index contributed by atoms with van der Waals surface area (Å²) in [7, 11) is 0. The molecule has 0 saturated heterocycles. The highest BCUT2D eigenvalue weighted by Gasteiger charge is 2.11. The molecule has 0 aliphatic heterocycles. The fraction of sp³-hybridized carbons (Fsp3) is 0.333. The van der Waals surface area contributed by atoms with Crippen LogP contribution in [0.25, 0.3) is 0 Å². The SMILES string of the molecule is CCc1ccc(CNc2nc(C)cc(C)c2C(N)=S)s1. The highest BCUT2D eigenvalue weighted by molar-refractivity contribution is 7.80. The highest BCUT2D eigenvalue weighted by atomic mass is 32.1. The minimum atomic E-state index is 0.387. The van der Waals surface area contributed by atoms with Crippen molar-refractivity contribution in [3.05, 3.63) is 44.8 Å². The largest absolute Gasteiger partial charge is 0.389 e. The molecule has 106 valence electrons. The summed E-state index contributed by atoms with van der Waals surface area (Å²) in [6, 6.07) is 6.32. The van der Waals surface area contributed by atoms with Crippen LogP contribution in [0.1, 0.15) is 33.5 Å². The van der Waals surface area contributed by atoms with Crippen molar-refractivity contribution >= 4 is 34.4 Å². The summed E-state index contributed by atoms with van der Waals surface area (Å²) in [5, 5.41) is 3.36. The Kier molecular flexibility index (Phi) is 4.73. The van der Waals surface area contributed by atoms with Gasteiger partial charge < -0.3 is 11.1 Å².